The van der Waals surface area contributed by atoms with Gasteiger partial charge in [-0.3, -0.25) is 10.9 Å². The molecule has 0 unspecified atom stereocenters. The van der Waals surface area contributed by atoms with E-state index in [4.69, 9.17) is 0 Å². The number of hydrazone groups is 2. The molecule has 2 rings (SSSR count). The number of rotatable bonds is 3. The largest absolute Gasteiger partial charge is 0.316 e. The van der Waals surface area contributed by atoms with Crippen molar-refractivity contribution in [3.8, 4) is 0 Å². The highest BCUT2D eigenvalue weighted by atomic mass is 15.5. The highest BCUT2D eigenvalue weighted by molar-refractivity contribution is 5.99. The Morgan fingerprint density at radius 2 is 2.07 bits per heavy atom. The Labute approximate surface area is 88.3 Å². The van der Waals surface area contributed by atoms with Gasteiger partial charge < -0.3 is 5.32 Å². The average molecular weight is 203 g/mol. The van der Waals surface area contributed by atoms with Crippen LogP contribution < -0.4 is 16.2 Å². The van der Waals surface area contributed by atoms with Crippen LogP contribution in [0.4, 0.5) is 0 Å². The van der Waals surface area contributed by atoms with Crippen molar-refractivity contribution in [2.24, 2.45) is 10.2 Å². The standard InChI is InChI=1S/C10H13N5/c1-11-6-8-2-4-9(5-3-8)10-14-12-7-13-15-10/h2-5,7,11H,6H2,1H3,(H,12,13)(H,14,15). The van der Waals surface area contributed by atoms with Gasteiger partial charge in [0.15, 0.2) is 5.84 Å². The van der Waals surface area contributed by atoms with Crippen LogP contribution in [0, 0.1) is 0 Å². The third-order valence-electron chi connectivity index (χ3n) is 2.08. The maximum atomic E-state index is 4.07. The van der Waals surface area contributed by atoms with E-state index in [0.717, 1.165) is 17.9 Å². The fourth-order valence-electron chi connectivity index (χ4n) is 1.35. The molecule has 1 aliphatic heterocycles. The smallest absolute Gasteiger partial charge is 0.173 e. The SMILES string of the molecule is CNCc1ccc(C2=NNC=NN2)cc1. The minimum absolute atomic E-state index is 0.730. The lowest BCUT2D eigenvalue weighted by atomic mass is 10.1. The number of amidine groups is 1. The lowest BCUT2D eigenvalue weighted by molar-refractivity contribution is 0.817. The van der Waals surface area contributed by atoms with Crippen molar-refractivity contribution in [1.29, 1.82) is 0 Å². The Bertz CT molecular complexity index is 379. The van der Waals surface area contributed by atoms with Crippen LogP contribution >= 0.6 is 0 Å². The summed E-state index contributed by atoms with van der Waals surface area (Å²) in [5, 5.41) is 11.0. The molecule has 1 aromatic rings. The Hall–Kier alpha value is -1.88. The van der Waals surface area contributed by atoms with Crippen LogP contribution in [0.1, 0.15) is 11.1 Å². The molecule has 15 heavy (non-hydrogen) atoms. The van der Waals surface area contributed by atoms with E-state index < -0.39 is 0 Å². The number of benzene rings is 1. The molecular weight excluding hydrogens is 190 g/mol. The molecule has 5 nitrogen and oxygen atoms in total. The van der Waals surface area contributed by atoms with E-state index in [9.17, 15) is 0 Å². The highest BCUT2D eigenvalue weighted by Crippen LogP contribution is 2.05. The van der Waals surface area contributed by atoms with Crippen LogP contribution in [0.15, 0.2) is 34.5 Å². The van der Waals surface area contributed by atoms with Crippen molar-refractivity contribution in [2.75, 3.05) is 7.05 Å². The minimum atomic E-state index is 0.730. The molecule has 0 spiro atoms. The molecule has 0 bridgehead atoms. The third kappa shape index (κ3) is 2.32. The van der Waals surface area contributed by atoms with E-state index in [0.29, 0.717) is 0 Å². The third-order valence-corrected chi connectivity index (χ3v) is 2.08. The zero-order valence-corrected chi connectivity index (χ0v) is 8.49. The minimum Gasteiger partial charge on any atom is -0.316 e. The van der Waals surface area contributed by atoms with Crippen LogP contribution in [0.3, 0.4) is 0 Å². The van der Waals surface area contributed by atoms with Gasteiger partial charge in [-0.05, 0) is 12.6 Å². The van der Waals surface area contributed by atoms with E-state index in [1.54, 1.807) is 0 Å². The Morgan fingerprint density at radius 1 is 1.27 bits per heavy atom. The lowest BCUT2D eigenvalue weighted by Crippen LogP contribution is -2.27. The first-order chi connectivity index (χ1) is 7.40. The molecule has 0 saturated heterocycles. The van der Waals surface area contributed by atoms with Gasteiger partial charge in [0.25, 0.3) is 0 Å². The van der Waals surface area contributed by atoms with E-state index >= 15 is 0 Å². The summed E-state index contributed by atoms with van der Waals surface area (Å²) < 4.78 is 0. The zero-order valence-electron chi connectivity index (χ0n) is 8.49. The molecule has 3 N–H and O–H groups in total. The zero-order chi connectivity index (χ0) is 10.5. The predicted octanol–water partition coefficient (Wildman–Crippen LogP) is 0.204. The summed E-state index contributed by atoms with van der Waals surface area (Å²) in [6.45, 7) is 0.872. The second kappa shape index (κ2) is 4.56. The van der Waals surface area contributed by atoms with Crippen LogP contribution in [-0.4, -0.2) is 19.2 Å². The molecule has 78 valence electrons. The van der Waals surface area contributed by atoms with Crippen molar-refractivity contribution in [3.05, 3.63) is 35.4 Å². The van der Waals surface area contributed by atoms with Gasteiger partial charge in [-0.1, -0.05) is 24.3 Å². The Morgan fingerprint density at radius 3 is 2.67 bits per heavy atom. The summed E-state index contributed by atoms with van der Waals surface area (Å²) in [4.78, 5) is 0. The fourth-order valence-corrected chi connectivity index (χ4v) is 1.35. The fraction of sp³-hybridized carbons (Fsp3) is 0.200. The second-order valence-electron chi connectivity index (χ2n) is 3.19. The molecule has 0 radical (unpaired) electrons. The average Bonchev–Trinajstić information content (AvgIpc) is 2.32. The molecule has 0 aliphatic carbocycles. The normalized spacial score (nSPS) is 14.1. The summed E-state index contributed by atoms with van der Waals surface area (Å²) >= 11 is 0. The molecule has 1 aromatic carbocycles. The van der Waals surface area contributed by atoms with Crippen molar-refractivity contribution in [3.63, 3.8) is 0 Å². The van der Waals surface area contributed by atoms with Gasteiger partial charge >= 0.3 is 0 Å². The van der Waals surface area contributed by atoms with Gasteiger partial charge in [0, 0.05) is 12.1 Å². The van der Waals surface area contributed by atoms with Crippen LogP contribution in [-0.2, 0) is 6.54 Å². The molecular formula is C10H13N5. The molecule has 1 aliphatic rings. The van der Waals surface area contributed by atoms with E-state index in [1.807, 2.05) is 19.2 Å². The van der Waals surface area contributed by atoms with Crippen LogP contribution in [0.25, 0.3) is 0 Å². The quantitative estimate of drug-likeness (QED) is 0.658. The maximum Gasteiger partial charge on any atom is 0.173 e. The predicted molar refractivity (Wildman–Crippen MR) is 60.5 cm³/mol. The number of nitrogens with zero attached hydrogens (tertiary/aromatic N) is 2. The van der Waals surface area contributed by atoms with Crippen LogP contribution in [0.2, 0.25) is 0 Å². The van der Waals surface area contributed by atoms with Crippen LogP contribution in [0.5, 0.6) is 0 Å². The van der Waals surface area contributed by atoms with Gasteiger partial charge in [0.2, 0.25) is 0 Å². The first-order valence-electron chi connectivity index (χ1n) is 4.75. The van der Waals surface area contributed by atoms with Crippen molar-refractivity contribution < 1.29 is 0 Å². The maximum absolute atomic E-state index is 4.07. The van der Waals surface area contributed by atoms with E-state index in [2.05, 4.69) is 38.5 Å². The summed E-state index contributed by atoms with van der Waals surface area (Å²) in [5.41, 5.74) is 7.78. The first-order valence-corrected chi connectivity index (χ1v) is 4.75. The van der Waals surface area contributed by atoms with Gasteiger partial charge in [-0.15, -0.1) is 0 Å². The van der Waals surface area contributed by atoms with Crippen molar-refractivity contribution >= 4 is 12.2 Å². The van der Waals surface area contributed by atoms with E-state index in [1.165, 1.54) is 11.9 Å². The lowest BCUT2D eigenvalue weighted by Gasteiger charge is -2.09. The molecule has 0 saturated carbocycles. The summed E-state index contributed by atoms with van der Waals surface area (Å²) in [5.74, 6) is 0.730. The first kappa shape index (κ1) is 9.67. The molecule has 5 heteroatoms. The molecule has 1 heterocycles. The van der Waals surface area contributed by atoms with Crippen molar-refractivity contribution in [2.45, 2.75) is 6.54 Å². The number of hydrogen-bond acceptors (Lipinski definition) is 5. The number of hydrogen-bond donors (Lipinski definition) is 3. The highest BCUT2D eigenvalue weighted by Gasteiger charge is 2.04. The summed E-state index contributed by atoms with van der Waals surface area (Å²) in [6.07, 6.45) is 1.50. The summed E-state index contributed by atoms with van der Waals surface area (Å²) in [6, 6.07) is 8.16. The number of nitrogens with one attached hydrogen (secondary N) is 3. The molecule has 0 atom stereocenters. The van der Waals surface area contributed by atoms with E-state index in [-0.39, 0.29) is 0 Å². The molecule has 0 fully saturated rings. The monoisotopic (exact) mass is 203 g/mol. The Kier molecular flexibility index (Phi) is 2.94. The van der Waals surface area contributed by atoms with Gasteiger partial charge in [-0.25, -0.2) is 0 Å². The topological polar surface area (TPSA) is 60.8 Å². The van der Waals surface area contributed by atoms with Crippen molar-refractivity contribution in [1.82, 2.24) is 16.2 Å². The summed E-state index contributed by atoms with van der Waals surface area (Å²) in [7, 11) is 1.93. The Balaban J connectivity index is 2.12. The molecule has 0 amide bonds. The molecule has 0 aromatic heterocycles. The van der Waals surface area contributed by atoms with Gasteiger partial charge in [0.05, 0.1) is 0 Å². The second-order valence-corrected chi connectivity index (χ2v) is 3.19. The van der Waals surface area contributed by atoms with Gasteiger partial charge in [-0.2, -0.15) is 10.2 Å². The van der Waals surface area contributed by atoms with Gasteiger partial charge in [0.1, 0.15) is 6.34 Å².